The highest BCUT2D eigenvalue weighted by molar-refractivity contribution is 9.10. The lowest BCUT2D eigenvalue weighted by atomic mass is 9.95. The fraction of sp³-hybridized carbons (Fsp3) is 0.269. The Balaban J connectivity index is 1.29. The minimum absolute atomic E-state index is 0.0657. The number of nitrogens with two attached hydrogens (primary N) is 2. The molecule has 35 heavy (non-hydrogen) atoms. The first kappa shape index (κ1) is 22.2. The summed E-state index contributed by atoms with van der Waals surface area (Å²) in [5.41, 5.74) is 15.7. The minimum Gasteiger partial charge on any atom is -0.390 e. The van der Waals surface area contributed by atoms with Crippen molar-refractivity contribution in [2.45, 2.75) is 37.5 Å². The molecule has 3 aromatic heterocycles. The van der Waals surface area contributed by atoms with Crippen molar-refractivity contribution in [3.05, 3.63) is 64.9 Å². The first-order valence-corrected chi connectivity index (χ1v) is 12.4. The van der Waals surface area contributed by atoms with Gasteiger partial charge >= 0.3 is 0 Å². The van der Waals surface area contributed by atoms with Crippen LogP contribution in [0.1, 0.15) is 24.4 Å². The Bertz CT molecular complexity index is 1590. The molecule has 6 rings (SSSR count). The van der Waals surface area contributed by atoms with Crippen LogP contribution in [0.4, 0.5) is 11.6 Å². The van der Waals surface area contributed by atoms with Crippen molar-refractivity contribution >= 4 is 60.4 Å². The van der Waals surface area contributed by atoms with Gasteiger partial charge in [0, 0.05) is 10.8 Å². The number of hydrogen-bond acceptors (Lipinski definition) is 7. The molecule has 5 aromatic rings. The van der Waals surface area contributed by atoms with Gasteiger partial charge in [0.25, 0.3) is 0 Å². The van der Waals surface area contributed by atoms with Gasteiger partial charge in [-0.2, -0.15) is 0 Å². The molecule has 4 atom stereocenters. The Hall–Kier alpha value is -3.27. The van der Waals surface area contributed by atoms with Gasteiger partial charge in [0.2, 0.25) is 0 Å². The van der Waals surface area contributed by atoms with E-state index in [0.717, 1.165) is 50.1 Å². The van der Waals surface area contributed by atoms with Crippen molar-refractivity contribution in [1.29, 1.82) is 0 Å². The van der Waals surface area contributed by atoms with Gasteiger partial charge in [-0.15, -0.1) is 0 Å². The normalized spacial score (nSPS) is 22.5. The number of benzene rings is 2. The standard InChI is InChI=1S/C26H25BrN6O2/c27-17-10-14-7-5-13(9-18(14)32-24(17)28)6-8-15-11-20(23(35)22(15)34)33-19-4-2-1-3-16(19)21-25(29)30-12-31-26(21)33/h1-5,7,9-10,12,15,20,22-23,34-35H,6,8,11H2,(H2,28,32)(H2,29,30,31)/t15-,20+,22+,23-/m0/s1. The van der Waals surface area contributed by atoms with Crippen LogP contribution in [0.5, 0.6) is 0 Å². The molecule has 6 N–H and O–H groups in total. The molecule has 8 nitrogen and oxygen atoms in total. The van der Waals surface area contributed by atoms with E-state index in [1.807, 2.05) is 47.0 Å². The number of hydrogen-bond donors (Lipinski definition) is 4. The number of aliphatic hydroxyl groups is 2. The highest BCUT2D eigenvalue weighted by Gasteiger charge is 2.43. The smallest absolute Gasteiger partial charge is 0.146 e. The van der Waals surface area contributed by atoms with Crippen molar-refractivity contribution in [1.82, 2.24) is 19.5 Å². The molecular formula is C26H25BrN6O2. The zero-order valence-electron chi connectivity index (χ0n) is 18.8. The van der Waals surface area contributed by atoms with Crippen LogP contribution in [0.25, 0.3) is 32.8 Å². The summed E-state index contributed by atoms with van der Waals surface area (Å²) in [6.45, 7) is 0. The molecule has 9 heteroatoms. The largest absolute Gasteiger partial charge is 0.390 e. The summed E-state index contributed by atoms with van der Waals surface area (Å²) in [7, 11) is 0. The number of nitrogens with zero attached hydrogens (tertiary/aromatic N) is 4. The minimum atomic E-state index is -0.911. The van der Waals surface area contributed by atoms with Gasteiger partial charge in [-0.1, -0.05) is 30.3 Å². The molecule has 3 heterocycles. The first-order chi connectivity index (χ1) is 16.9. The van der Waals surface area contributed by atoms with E-state index in [1.54, 1.807) is 0 Å². The Morgan fingerprint density at radius 2 is 1.83 bits per heavy atom. The highest BCUT2D eigenvalue weighted by atomic mass is 79.9. The average Bonchev–Trinajstić information content (AvgIpc) is 3.33. The predicted molar refractivity (Wildman–Crippen MR) is 141 cm³/mol. The van der Waals surface area contributed by atoms with Crippen molar-refractivity contribution in [3.8, 4) is 0 Å². The summed E-state index contributed by atoms with van der Waals surface area (Å²) in [6.07, 6.45) is 1.83. The molecular weight excluding hydrogens is 508 g/mol. The summed E-state index contributed by atoms with van der Waals surface area (Å²) < 4.78 is 2.81. The van der Waals surface area contributed by atoms with Crippen LogP contribution in [-0.4, -0.2) is 41.9 Å². The molecule has 1 fully saturated rings. The van der Waals surface area contributed by atoms with Crippen LogP contribution in [0.2, 0.25) is 0 Å². The topological polar surface area (TPSA) is 136 Å². The molecule has 0 amide bonds. The fourth-order valence-corrected chi connectivity index (χ4v) is 5.86. The Labute approximate surface area is 209 Å². The number of aliphatic hydroxyl groups excluding tert-OH is 2. The number of pyridine rings is 1. The second-order valence-electron chi connectivity index (χ2n) is 9.31. The number of anilines is 2. The zero-order chi connectivity index (χ0) is 24.3. The van der Waals surface area contributed by atoms with Gasteiger partial charge < -0.3 is 26.2 Å². The Morgan fingerprint density at radius 1 is 1.00 bits per heavy atom. The van der Waals surface area contributed by atoms with Crippen LogP contribution < -0.4 is 11.5 Å². The molecule has 178 valence electrons. The third-order valence-electron chi connectivity index (χ3n) is 7.29. The van der Waals surface area contributed by atoms with Gasteiger partial charge in [-0.3, -0.25) is 0 Å². The van der Waals surface area contributed by atoms with Crippen LogP contribution >= 0.6 is 15.9 Å². The van der Waals surface area contributed by atoms with Gasteiger partial charge in [-0.25, -0.2) is 15.0 Å². The molecule has 0 bridgehead atoms. The number of halogens is 1. The predicted octanol–water partition coefficient (Wildman–Crippen LogP) is 3.98. The summed E-state index contributed by atoms with van der Waals surface area (Å²) in [6, 6.07) is 15.7. The highest BCUT2D eigenvalue weighted by Crippen LogP contribution is 2.43. The monoisotopic (exact) mass is 532 g/mol. The number of rotatable bonds is 4. The number of para-hydroxylation sites is 1. The molecule has 2 aromatic carbocycles. The van der Waals surface area contributed by atoms with Gasteiger partial charge in [-0.05, 0) is 64.9 Å². The van der Waals surface area contributed by atoms with E-state index in [1.165, 1.54) is 6.33 Å². The van der Waals surface area contributed by atoms with Crippen LogP contribution in [0.3, 0.4) is 0 Å². The van der Waals surface area contributed by atoms with Crippen molar-refractivity contribution in [3.63, 3.8) is 0 Å². The maximum Gasteiger partial charge on any atom is 0.146 e. The van der Waals surface area contributed by atoms with E-state index in [-0.39, 0.29) is 12.0 Å². The lowest BCUT2D eigenvalue weighted by Gasteiger charge is -2.20. The maximum atomic E-state index is 11.1. The molecule has 0 unspecified atom stereocenters. The summed E-state index contributed by atoms with van der Waals surface area (Å²) in [4.78, 5) is 13.1. The second-order valence-corrected chi connectivity index (χ2v) is 10.2. The molecule has 0 spiro atoms. The van der Waals surface area contributed by atoms with Crippen molar-refractivity contribution in [2.24, 2.45) is 5.92 Å². The van der Waals surface area contributed by atoms with Gasteiger partial charge in [0.05, 0.1) is 33.0 Å². The van der Waals surface area contributed by atoms with E-state index >= 15 is 0 Å². The molecule has 0 aliphatic heterocycles. The molecule has 0 saturated heterocycles. The molecule has 1 aliphatic rings. The lowest BCUT2D eigenvalue weighted by Crippen LogP contribution is -2.29. The van der Waals surface area contributed by atoms with Crippen LogP contribution in [0.15, 0.2) is 59.3 Å². The fourth-order valence-electron chi connectivity index (χ4n) is 5.53. The van der Waals surface area contributed by atoms with Gasteiger partial charge in [0.1, 0.15) is 29.7 Å². The van der Waals surface area contributed by atoms with Crippen molar-refractivity contribution < 1.29 is 10.2 Å². The average molecular weight is 533 g/mol. The molecule has 1 saturated carbocycles. The Morgan fingerprint density at radius 3 is 2.69 bits per heavy atom. The number of aryl methyl sites for hydroxylation is 1. The zero-order valence-corrected chi connectivity index (χ0v) is 20.4. The number of nitrogen functional groups attached to an aromatic ring is 2. The lowest BCUT2D eigenvalue weighted by molar-refractivity contribution is 0.00595. The van der Waals surface area contributed by atoms with Crippen LogP contribution in [-0.2, 0) is 6.42 Å². The quantitative estimate of drug-likeness (QED) is 0.274. The van der Waals surface area contributed by atoms with Gasteiger partial charge in [0.15, 0.2) is 0 Å². The van der Waals surface area contributed by atoms with E-state index in [0.29, 0.717) is 23.7 Å². The third-order valence-corrected chi connectivity index (χ3v) is 7.92. The summed E-state index contributed by atoms with van der Waals surface area (Å²) >= 11 is 3.42. The number of aromatic nitrogens is 4. The van der Waals surface area contributed by atoms with E-state index in [9.17, 15) is 10.2 Å². The second kappa shape index (κ2) is 8.44. The van der Waals surface area contributed by atoms with Crippen LogP contribution in [0, 0.1) is 5.92 Å². The summed E-state index contributed by atoms with van der Waals surface area (Å²) in [5, 5.41) is 24.8. The first-order valence-electron chi connectivity index (χ1n) is 11.6. The van der Waals surface area contributed by atoms with E-state index in [4.69, 9.17) is 11.5 Å². The van der Waals surface area contributed by atoms with E-state index < -0.39 is 12.2 Å². The summed E-state index contributed by atoms with van der Waals surface area (Å²) in [5.74, 6) is 0.804. The van der Waals surface area contributed by atoms with E-state index in [2.05, 4.69) is 36.9 Å². The SMILES string of the molecule is Nc1nc2cc(CC[C@H]3C[C@@H](n4c5ccccc5c5c(N)ncnc54)[C@H](O)[C@@H]3O)ccc2cc1Br. The third kappa shape index (κ3) is 3.62. The maximum absolute atomic E-state index is 11.1. The Kier molecular flexibility index (Phi) is 5.36. The van der Waals surface area contributed by atoms with Crippen molar-refractivity contribution in [2.75, 3.05) is 11.5 Å². The molecule has 1 aliphatic carbocycles. The molecule has 0 radical (unpaired) electrons. The number of fused-ring (bicyclic) bond motifs is 4.